The summed E-state index contributed by atoms with van der Waals surface area (Å²) < 4.78 is 7.67. The second-order valence-corrected chi connectivity index (χ2v) is 10.4. The summed E-state index contributed by atoms with van der Waals surface area (Å²) >= 11 is 7.11. The Balaban J connectivity index is 1.50. The summed E-state index contributed by atoms with van der Waals surface area (Å²) in [4.78, 5) is 17.6. The normalized spacial score (nSPS) is 15.4. The zero-order valence-electron chi connectivity index (χ0n) is 18.1. The third-order valence-electron chi connectivity index (χ3n) is 5.05. The molecule has 34 heavy (non-hydrogen) atoms. The molecule has 0 aromatic heterocycles. The largest absolute Gasteiger partial charge is 0.487 e. The van der Waals surface area contributed by atoms with Crippen LogP contribution in [0.15, 0.2) is 75.0 Å². The van der Waals surface area contributed by atoms with Gasteiger partial charge in [-0.3, -0.25) is 4.79 Å². The number of carbonyl (C=O) groups excluding carboxylic acids is 1. The molecule has 1 fully saturated rings. The molecule has 1 saturated heterocycles. The molecule has 170 valence electrons. The van der Waals surface area contributed by atoms with Gasteiger partial charge >= 0.3 is 0 Å². The van der Waals surface area contributed by atoms with Gasteiger partial charge in [0, 0.05) is 5.56 Å². The van der Waals surface area contributed by atoms with Crippen molar-refractivity contribution in [2.24, 2.45) is 4.99 Å². The van der Waals surface area contributed by atoms with E-state index in [1.165, 1.54) is 17.3 Å². The Bertz CT molecular complexity index is 1320. The molecule has 1 heterocycles. The van der Waals surface area contributed by atoms with Crippen LogP contribution in [0.25, 0.3) is 6.08 Å². The highest BCUT2D eigenvalue weighted by atomic mass is 127. The summed E-state index contributed by atoms with van der Waals surface area (Å²) in [6.07, 6.45) is 2.81. The lowest BCUT2D eigenvalue weighted by molar-refractivity contribution is -0.115. The number of ether oxygens (including phenoxy) is 1. The number of nitrogens with one attached hydrogen (secondary N) is 1. The fourth-order valence-electron chi connectivity index (χ4n) is 3.26. The van der Waals surface area contributed by atoms with Crippen LogP contribution in [0.3, 0.4) is 0 Å². The predicted octanol–water partition coefficient (Wildman–Crippen LogP) is 6.96. The SMILES string of the molecule is CCc1ccc(N=C2NC(=O)/C(=C/c3cc(Br)c(OCc4ccccc4C#N)c(I)c3)S2)cc1. The number of thioether (sulfide) groups is 1. The molecule has 8 heteroatoms. The van der Waals surface area contributed by atoms with Crippen molar-refractivity contribution in [3.05, 3.63) is 95.9 Å². The zero-order chi connectivity index (χ0) is 24.1. The number of amidine groups is 1. The molecule has 0 aliphatic carbocycles. The number of carbonyl (C=O) groups is 1. The minimum Gasteiger partial charge on any atom is -0.487 e. The molecule has 3 aromatic carbocycles. The Morgan fingerprint density at radius 1 is 1.21 bits per heavy atom. The molecule has 5 nitrogen and oxygen atoms in total. The second kappa shape index (κ2) is 11.2. The Morgan fingerprint density at radius 2 is 1.97 bits per heavy atom. The lowest BCUT2D eigenvalue weighted by atomic mass is 10.1. The van der Waals surface area contributed by atoms with E-state index in [0.29, 0.717) is 21.4 Å². The number of hydrogen-bond donors (Lipinski definition) is 1. The van der Waals surface area contributed by atoms with Gasteiger partial charge in [-0.2, -0.15) is 5.26 Å². The topological polar surface area (TPSA) is 74.5 Å². The highest BCUT2D eigenvalue weighted by Crippen LogP contribution is 2.35. The monoisotopic (exact) mass is 643 g/mol. The van der Waals surface area contributed by atoms with E-state index in [1.807, 2.05) is 60.7 Å². The van der Waals surface area contributed by atoms with Crippen LogP contribution in [0.5, 0.6) is 5.75 Å². The fraction of sp³-hybridized carbons (Fsp3) is 0.115. The van der Waals surface area contributed by atoms with E-state index >= 15 is 0 Å². The van der Waals surface area contributed by atoms with Crippen molar-refractivity contribution in [3.8, 4) is 11.8 Å². The molecule has 1 N–H and O–H groups in total. The third kappa shape index (κ3) is 5.90. The quantitative estimate of drug-likeness (QED) is 0.233. The average Bonchev–Trinajstić information content (AvgIpc) is 3.17. The van der Waals surface area contributed by atoms with Gasteiger partial charge in [-0.25, -0.2) is 4.99 Å². The first-order valence-corrected chi connectivity index (χ1v) is 13.1. The number of rotatable bonds is 6. The van der Waals surface area contributed by atoms with Crippen molar-refractivity contribution in [3.63, 3.8) is 0 Å². The molecule has 0 spiro atoms. The second-order valence-electron chi connectivity index (χ2n) is 7.37. The summed E-state index contributed by atoms with van der Waals surface area (Å²) in [6.45, 7) is 2.40. The number of aliphatic imine (C=N–C) groups is 1. The van der Waals surface area contributed by atoms with Crippen LogP contribution in [-0.2, 0) is 17.8 Å². The number of nitriles is 1. The van der Waals surface area contributed by atoms with Gasteiger partial charge in [-0.05, 0) is 104 Å². The molecule has 1 amide bonds. The summed E-state index contributed by atoms with van der Waals surface area (Å²) in [6, 6.07) is 21.4. The van der Waals surface area contributed by atoms with Gasteiger partial charge in [0.05, 0.1) is 30.3 Å². The van der Waals surface area contributed by atoms with Crippen LogP contribution < -0.4 is 10.1 Å². The molecule has 4 rings (SSSR count). The number of halogens is 2. The predicted molar refractivity (Wildman–Crippen MR) is 149 cm³/mol. The molecular formula is C26H19BrIN3O2S. The maximum absolute atomic E-state index is 12.5. The highest BCUT2D eigenvalue weighted by Gasteiger charge is 2.24. The van der Waals surface area contributed by atoms with Gasteiger partial charge in [0.15, 0.2) is 5.17 Å². The van der Waals surface area contributed by atoms with Gasteiger partial charge in [0.1, 0.15) is 12.4 Å². The molecular weight excluding hydrogens is 625 g/mol. The van der Waals surface area contributed by atoms with Gasteiger partial charge in [-0.15, -0.1) is 0 Å². The number of nitrogens with zero attached hydrogens (tertiary/aromatic N) is 2. The van der Waals surface area contributed by atoms with E-state index < -0.39 is 0 Å². The molecule has 0 saturated carbocycles. The van der Waals surface area contributed by atoms with E-state index in [-0.39, 0.29) is 12.5 Å². The average molecular weight is 644 g/mol. The first-order valence-electron chi connectivity index (χ1n) is 10.4. The van der Waals surface area contributed by atoms with Crippen LogP contribution in [0.4, 0.5) is 5.69 Å². The van der Waals surface area contributed by atoms with Crippen molar-refractivity contribution >= 4 is 73.1 Å². The first kappa shape index (κ1) is 24.5. The van der Waals surface area contributed by atoms with Crippen molar-refractivity contribution in [2.75, 3.05) is 0 Å². The number of aryl methyl sites for hydroxylation is 1. The van der Waals surface area contributed by atoms with E-state index in [0.717, 1.165) is 31.3 Å². The number of benzene rings is 3. The molecule has 0 unspecified atom stereocenters. The number of hydrogen-bond acceptors (Lipinski definition) is 5. The maximum atomic E-state index is 12.5. The Kier molecular flexibility index (Phi) is 8.08. The van der Waals surface area contributed by atoms with Gasteiger partial charge in [0.25, 0.3) is 5.91 Å². The van der Waals surface area contributed by atoms with Crippen LogP contribution in [-0.4, -0.2) is 11.1 Å². The standard InChI is InChI=1S/C26H19BrIN3O2S/c1-2-16-7-9-20(10-8-16)30-26-31-25(32)23(34-26)13-17-11-21(27)24(22(28)12-17)33-15-19-6-4-3-5-18(19)14-29/h3-13H,2,15H2,1H3,(H,30,31,32)/b23-13-. The minimum absolute atomic E-state index is 0.173. The van der Waals surface area contributed by atoms with E-state index in [1.54, 1.807) is 6.07 Å². The smallest absolute Gasteiger partial charge is 0.264 e. The van der Waals surface area contributed by atoms with E-state index in [9.17, 15) is 10.1 Å². The minimum atomic E-state index is -0.173. The lowest BCUT2D eigenvalue weighted by Gasteiger charge is -2.12. The van der Waals surface area contributed by atoms with Crippen molar-refractivity contribution in [1.82, 2.24) is 5.32 Å². The van der Waals surface area contributed by atoms with Crippen LogP contribution in [0.2, 0.25) is 0 Å². The van der Waals surface area contributed by atoms with Crippen molar-refractivity contribution in [2.45, 2.75) is 20.0 Å². The summed E-state index contributed by atoms with van der Waals surface area (Å²) in [5.74, 6) is 0.519. The van der Waals surface area contributed by atoms with Crippen molar-refractivity contribution < 1.29 is 9.53 Å². The van der Waals surface area contributed by atoms with Crippen molar-refractivity contribution in [1.29, 1.82) is 5.26 Å². The lowest BCUT2D eigenvalue weighted by Crippen LogP contribution is -2.19. The summed E-state index contributed by atoms with van der Waals surface area (Å²) in [5.41, 5.74) is 4.34. The molecule has 1 aliphatic rings. The third-order valence-corrected chi connectivity index (χ3v) is 7.35. The molecule has 0 bridgehead atoms. The molecule has 3 aromatic rings. The molecule has 1 aliphatic heterocycles. The summed E-state index contributed by atoms with van der Waals surface area (Å²) in [7, 11) is 0. The molecule has 0 atom stereocenters. The van der Waals surface area contributed by atoms with Crippen LogP contribution in [0, 0.1) is 14.9 Å². The van der Waals surface area contributed by atoms with Gasteiger partial charge in [-0.1, -0.05) is 37.3 Å². The van der Waals surface area contributed by atoms with Crippen LogP contribution >= 0.6 is 50.3 Å². The van der Waals surface area contributed by atoms with Gasteiger partial charge < -0.3 is 10.1 Å². The van der Waals surface area contributed by atoms with E-state index in [2.05, 4.69) is 61.8 Å². The molecule has 0 radical (unpaired) electrons. The fourth-order valence-corrected chi connectivity index (χ4v) is 5.87. The Labute approximate surface area is 224 Å². The zero-order valence-corrected chi connectivity index (χ0v) is 22.7. The maximum Gasteiger partial charge on any atom is 0.264 e. The summed E-state index contributed by atoms with van der Waals surface area (Å²) in [5, 5.41) is 12.7. The highest BCUT2D eigenvalue weighted by molar-refractivity contribution is 14.1. The Hall–Kier alpha value is -2.61. The van der Waals surface area contributed by atoms with Crippen LogP contribution in [0.1, 0.15) is 29.2 Å². The van der Waals surface area contributed by atoms with E-state index in [4.69, 9.17) is 4.74 Å². The number of amides is 1. The van der Waals surface area contributed by atoms with Gasteiger partial charge in [0.2, 0.25) is 0 Å². The Morgan fingerprint density at radius 3 is 2.68 bits per heavy atom. The first-order chi connectivity index (χ1) is 16.5.